The lowest BCUT2D eigenvalue weighted by Crippen LogP contribution is -2.48. The van der Waals surface area contributed by atoms with Gasteiger partial charge in [0.1, 0.15) is 5.60 Å². The van der Waals surface area contributed by atoms with Crippen LogP contribution in [0.5, 0.6) is 0 Å². The van der Waals surface area contributed by atoms with E-state index < -0.39 is 5.60 Å². The van der Waals surface area contributed by atoms with Gasteiger partial charge in [0.05, 0.1) is 0 Å². The number of amides is 1. The summed E-state index contributed by atoms with van der Waals surface area (Å²) in [7, 11) is 1.88. The summed E-state index contributed by atoms with van der Waals surface area (Å²) in [5.74, 6) is 0. The van der Waals surface area contributed by atoms with Crippen LogP contribution in [0.1, 0.15) is 41.0 Å². The van der Waals surface area contributed by atoms with E-state index in [1.807, 2.05) is 41.7 Å². The Morgan fingerprint density at radius 2 is 1.93 bits per heavy atom. The molecule has 0 rings (SSSR count). The van der Waals surface area contributed by atoms with E-state index in [2.05, 4.69) is 10.6 Å². The maximum Gasteiger partial charge on any atom is 0.407 e. The second-order valence-electron chi connectivity index (χ2n) is 4.74. The molecule has 2 N–H and O–H groups in total. The van der Waals surface area contributed by atoms with Gasteiger partial charge in [0.2, 0.25) is 0 Å². The van der Waals surface area contributed by atoms with Gasteiger partial charge in [0, 0.05) is 12.1 Å². The predicted octanol–water partition coefficient (Wildman–Crippen LogP) is 1.90. The number of ether oxygens (including phenoxy) is 1. The molecule has 0 unspecified atom stereocenters. The number of hydrogen-bond acceptors (Lipinski definition) is 3. The minimum absolute atomic E-state index is 0.102. The largest absolute Gasteiger partial charge is 0.444 e. The van der Waals surface area contributed by atoms with Crippen LogP contribution in [0.4, 0.5) is 4.79 Å². The normalized spacial score (nSPS) is 15.6. The van der Waals surface area contributed by atoms with E-state index in [0.29, 0.717) is 0 Å². The summed E-state index contributed by atoms with van der Waals surface area (Å²) < 4.78 is 5.19. The van der Waals surface area contributed by atoms with Gasteiger partial charge in [-0.25, -0.2) is 4.79 Å². The fraction of sp³-hybridized carbons (Fsp3) is 0.909. The smallest absolute Gasteiger partial charge is 0.407 e. The van der Waals surface area contributed by atoms with Gasteiger partial charge >= 0.3 is 6.09 Å². The van der Waals surface area contributed by atoms with E-state index in [1.54, 1.807) is 0 Å². The average Bonchev–Trinajstić information content (AvgIpc) is 2.10. The van der Waals surface area contributed by atoms with Crippen molar-refractivity contribution in [1.82, 2.24) is 10.6 Å². The minimum Gasteiger partial charge on any atom is -0.444 e. The van der Waals surface area contributed by atoms with Crippen molar-refractivity contribution in [3.8, 4) is 0 Å². The van der Waals surface area contributed by atoms with Crippen molar-refractivity contribution in [2.24, 2.45) is 0 Å². The number of carbonyl (C=O) groups excluding carboxylic acids is 1. The van der Waals surface area contributed by atoms with E-state index in [-0.39, 0.29) is 18.2 Å². The molecular weight excluding hydrogens is 192 g/mol. The third-order valence-electron chi connectivity index (χ3n) is 2.20. The minimum atomic E-state index is -0.439. The molecule has 0 bridgehead atoms. The summed E-state index contributed by atoms with van der Waals surface area (Å²) in [5, 5.41) is 5.96. The van der Waals surface area contributed by atoms with Crippen molar-refractivity contribution >= 4 is 6.09 Å². The zero-order valence-electron chi connectivity index (χ0n) is 10.7. The van der Waals surface area contributed by atoms with Gasteiger partial charge < -0.3 is 15.4 Å². The number of nitrogens with one attached hydrogen (secondary N) is 2. The fourth-order valence-corrected chi connectivity index (χ4v) is 1.24. The Bertz CT molecular complexity index is 199. The van der Waals surface area contributed by atoms with E-state index in [4.69, 9.17) is 4.74 Å². The van der Waals surface area contributed by atoms with Crippen LogP contribution >= 0.6 is 0 Å². The van der Waals surface area contributed by atoms with Gasteiger partial charge in [-0.3, -0.25) is 0 Å². The lowest BCUT2D eigenvalue weighted by Gasteiger charge is -2.26. The number of rotatable bonds is 4. The Labute approximate surface area is 92.8 Å². The first-order chi connectivity index (χ1) is 6.80. The van der Waals surface area contributed by atoms with Gasteiger partial charge in [-0.15, -0.1) is 0 Å². The van der Waals surface area contributed by atoms with Crippen molar-refractivity contribution < 1.29 is 9.53 Å². The van der Waals surface area contributed by atoms with Crippen LogP contribution in [0.25, 0.3) is 0 Å². The number of likely N-dealkylation sites (N-methyl/N-ethyl adjacent to an activating group) is 1. The highest BCUT2D eigenvalue weighted by Crippen LogP contribution is 2.07. The van der Waals surface area contributed by atoms with Crippen molar-refractivity contribution in [2.45, 2.75) is 58.7 Å². The zero-order valence-corrected chi connectivity index (χ0v) is 10.7. The third kappa shape index (κ3) is 6.33. The van der Waals surface area contributed by atoms with E-state index in [0.717, 1.165) is 6.42 Å². The van der Waals surface area contributed by atoms with Crippen molar-refractivity contribution in [1.29, 1.82) is 0 Å². The second kappa shape index (κ2) is 5.95. The summed E-state index contributed by atoms with van der Waals surface area (Å²) in [5.41, 5.74) is -0.439. The lowest BCUT2D eigenvalue weighted by molar-refractivity contribution is 0.0493. The number of hydrogen-bond donors (Lipinski definition) is 2. The molecule has 1 amide bonds. The van der Waals surface area contributed by atoms with Gasteiger partial charge in [-0.05, 0) is 41.2 Å². The Balaban J connectivity index is 4.13. The second-order valence-corrected chi connectivity index (χ2v) is 4.74. The summed E-state index contributed by atoms with van der Waals surface area (Å²) in [6, 6.07) is 0.340. The van der Waals surface area contributed by atoms with Gasteiger partial charge in [0.25, 0.3) is 0 Å². The molecule has 90 valence electrons. The number of alkyl carbamates (subject to hydrolysis) is 1. The molecule has 2 atom stereocenters. The standard InChI is InChI=1S/C11H24N2O2/c1-7-9(8(2)12-6)13-10(14)15-11(3,4)5/h8-9,12H,7H2,1-6H3,(H,13,14)/t8-,9+/m1/s1. The quantitative estimate of drug-likeness (QED) is 0.754. The molecule has 0 saturated carbocycles. The first-order valence-electron chi connectivity index (χ1n) is 5.47. The molecule has 0 radical (unpaired) electrons. The van der Waals surface area contributed by atoms with E-state index in [1.165, 1.54) is 0 Å². The highest BCUT2D eigenvalue weighted by Gasteiger charge is 2.21. The van der Waals surface area contributed by atoms with Crippen LogP contribution in [-0.2, 0) is 4.74 Å². The maximum absolute atomic E-state index is 11.5. The molecule has 0 aromatic carbocycles. The topological polar surface area (TPSA) is 50.4 Å². The molecule has 0 saturated heterocycles. The van der Waals surface area contributed by atoms with Gasteiger partial charge in [-0.2, -0.15) is 0 Å². The third-order valence-corrected chi connectivity index (χ3v) is 2.20. The molecule has 0 aromatic heterocycles. The molecule has 0 aromatic rings. The first-order valence-corrected chi connectivity index (χ1v) is 5.47. The van der Waals surface area contributed by atoms with E-state index in [9.17, 15) is 4.79 Å². The first kappa shape index (κ1) is 14.2. The van der Waals surface area contributed by atoms with Gasteiger partial charge in [-0.1, -0.05) is 6.92 Å². The van der Waals surface area contributed by atoms with Crippen LogP contribution in [0.2, 0.25) is 0 Å². The molecule has 0 aliphatic carbocycles. The molecule has 15 heavy (non-hydrogen) atoms. The Morgan fingerprint density at radius 1 is 1.40 bits per heavy atom. The van der Waals surface area contributed by atoms with Crippen LogP contribution < -0.4 is 10.6 Å². The summed E-state index contributed by atoms with van der Waals surface area (Å²) in [6.07, 6.45) is 0.526. The van der Waals surface area contributed by atoms with E-state index >= 15 is 0 Å². The summed E-state index contributed by atoms with van der Waals surface area (Å²) in [4.78, 5) is 11.5. The van der Waals surface area contributed by atoms with Crippen molar-refractivity contribution in [2.75, 3.05) is 7.05 Å². The lowest BCUT2D eigenvalue weighted by atomic mass is 10.1. The predicted molar refractivity (Wildman–Crippen MR) is 62.0 cm³/mol. The maximum atomic E-state index is 11.5. The highest BCUT2D eigenvalue weighted by molar-refractivity contribution is 5.68. The summed E-state index contributed by atoms with van der Waals surface area (Å²) in [6.45, 7) is 9.64. The van der Waals surface area contributed by atoms with Crippen LogP contribution in [0.3, 0.4) is 0 Å². The monoisotopic (exact) mass is 216 g/mol. The number of carbonyl (C=O) groups is 1. The highest BCUT2D eigenvalue weighted by atomic mass is 16.6. The molecule has 0 fully saturated rings. The van der Waals surface area contributed by atoms with Crippen molar-refractivity contribution in [3.05, 3.63) is 0 Å². The molecule has 4 heteroatoms. The SMILES string of the molecule is CC[C@H](NC(=O)OC(C)(C)C)[C@@H](C)NC. The Morgan fingerprint density at radius 3 is 2.27 bits per heavy atom. The fourth-order valence-electron chi connectivity index (χ4n) is 1.24. The molecule has 0 aliphatic heterocycles. The van der Waals surface area contributed by atoms with Crippen LogP contribution in [-0.4, -0.2) is 30.8 Å². The Hall–Kier alpha value is -0.770. The van der Waals surface area contributed by atoms with Crippen LogP contribution in [0.15, 0.2) is 0 Å². The van der Waals surface area contributed by atoms with Crippen LogP contribution in [0, 0.1) is 0 Å². The molecule has 0 spiro atoms. The molecule has 4 nitrogen and oxygen atoms in total. The molecule has 0 heterocycles. The molecular formula is C11H24N2O2. The zero-order chi connectivity index (χ0) is 12.1. The van der Waals surface area contributed by atoms with Crippen molar-refractivity contribution in [3.63, 3.8) is 0 Å². The average molecular weight is 216 g/mol. The summed E-state index contributed by atoms with van der Waals surface area (Å²) >= 11 is 0. The molecule has 0 aliphatic rings. The Kier molecular flexibility index (Phi) is 5.65. The van der Waals surface area contributed by atoms with Gasteiger partial charge in [0.15, 0.2) is 0 Å².